The van der Waals surface area contributed by atoms with Crippen molar-refractivity contribution in [3.8, 4) is 0 Å². The molecule has 0 saturated carbocycles. The topological polar surface area (TPSA) is 56.0 Å². The number of pyridine rings is 1. The number of nitrogens with zero attached hydrogens (tertiary/aromatic N) is 2. The molecule has 1 aromatic rings. The van der Waals surface area contributed by atoms with Gasteiger partial charge in [0.15, 0.2) is 0 Å². The SMILES string of the molecule is CCC(Br)Cc1ncccc1[N+](=O)[O-]. The summed E-state index contributed by atoms with van der Waals surface area (Å²) < 4.78 is 0. The second kappa shape index (κ2) is 5.05. The van der Waals surface area contributed by atoms with Crippen LogP contribution in [0.15, 0.2) is 18.3 Å². The smallest absolute Gasteiger partial charge is 0.258 e. The van der Waals surface area contributed by atoms with Gasteiger partial charge < -0.3 is 0 Å². The van der Waals surface area contributed by atoms with Gasteiger partial charge in [0, 0.05) is 23.5 Å². The molecule has 5 heteroatoms. The summed E-state index contributed by atoms with van der Waals surface area (Å²) in [6, 6.07) is 3.06. The molecule has 0 N–H and O–H groups in total. The summed E-state index contributed by atoms with van der Waals surface area (Å²) in [6.45, 7) is 2.02. The summed E-state index contributed by atoms with van der Waals surface area (Å²) in [5.41, 5.74) is 0.645. The number of halogens is 1. The fourth-order valence-corrected chi connectivity index (χ4v) is 1.41. The molecule has 1 heterocycles. The highest BCUT2D eigenvalue weighted by molar-refractivity contribution is 9.09. The Bertz CT molecular complexity index is 330. The van der Waals surface area contributed by atoms with Crippen LogP contribution in [0.3, 0.4) is 0 Å². The molecule has 0 aliphatic rings. The first-order valence-electron chi connectivity index (χ1n) is 4.37. The molecule has 1 atom stereocenters. The van der Waals surface area contributed by atoms with Crippen LogP contribution in [0.5, 0.6) is 0 Å². The van der Waals surface area contributed by atoms with Gasteiger partial charge in [-0.1, -0.05) is 22.9 Å². The minimum atomic E-state index is -0.391. The van der Waals surface area contributed by atoms with Gasteiger partial charge in [0.1, 0.15) is 5.69 Å². The van der Waals surface area contributed by atoms with E-state index in [1.165, 1.54) is 6.07 Å². The zero-order chi connectivity index (χ0) is 10.6. The molecule has 0 radical (unpaired) electrons. The molecule has 14 heavy (non-hydrogen) atoms. The first-order valence-corrected chi connectivity index (χ1v) is 5.29. The molecule has 4 nitrogen and oxygen atoms in total. The average molecular weight is 259 g/mol. The van der Waals surface area contributed by atoms with Crippen molar-refractivity contribution in [2.24, 2.45) is 0 Å². The summed E-state index contributed by atoms with van der Waals surface area (Å²) in [5, 5.41) is 10.6. The molecule has 0 amide bonds. The quantitative estimate of drug-likeness (QED) is 0.474. The van der Waals surface area contributed by atoms with E-state index in [2.05, 4.69) is 20.9 Å². The normalized spacial score (nSPS) is 12.4. The fourth-order valence-electron chi connectivity index (χ4n) is 1.11. The zero-order valence-electron chi connectivity index (χ0n) is 7.81. The van der Waals surface area contributed by atoms with Crippen LogP contribution in [-0.4, -0.2) is 14.7 Å². The molecule has 0 aliphatic heterocycles. The lowest BCUT2D eigenvalue weighted by atomic mass is 10.1. The molecule has 1 rings (SSSR count). The maximum Gasteiger partial charge on any atom is 0.290 e. The van der Waals surface area contributed by atoms with Gasteiger partial charge in [-0.05, 0) is 12.5 Å². The molecule has 1 aromatic heterocycles. The predicted molar refractivity (Wildman–Crippen MR) is 57.6 cm³/mol. The number of rotatable bonds is 4. The Kier molecular flexibility index (Phi) is 4.00. The van der Waals surface area contributed by atoms with Gasteiger partial charge in [-0.25, -0.2) is 0 Å². The van der Waals surface area contributed by atoms with Crippen LogP contribution in [0.4, 0.5) is 5.69 Å². The molecular weight excluding hydrogens is 248 g/mol. The lowest BCUT2D eigenvalue weighted by Crippen LogP contribution is -2.05. The van der Waals surface area contributed by atoms with E-state index in [1.807, 2.05) is 6.92 Å². The van der Waals surface area contributed by atoms with Crippen LogP contribution in [0.2, 0.25) is 0 Å². The van der Waals surface area contributed by atoms with Crippen LogP contribution in [0, 0.1) is 10.1 Å². The third-order valence-electron chi connectivity index (χ3n) is 1.92. The van der Waals surface area contributed by atoms with Crippen LogP contribution < -0.4 is 0 Å². The Morgan fingerprint density at radius 1 is 1.71 bits per heavy atom. The Hall–Kier alpha value is -0.970. The summed E-state index contributed by atoms with van der Waals surface area (Å²) in [5.74, 6) is 0. The molecule has 76 valence electrons. The van der Waals surface area contributed by atoms with Crippen molar-refractivity contribution >= 4 is 21.6 Å². The van der Waals surface area contributed by atoms with Crippen molar-refractivity contribution in [3.05, 3.63) is 34.1 Å². The summed E-state index contributed by atoms with van der Waals surface area (Å²) in [6.07, 6.45) is 3.10. The van der Waals surface area contributed by atoms with Crippen molar-refractivity contribution in [3.63, 3.8) is 0 Å². The minimum absolute atomic E-state index is 0.102. The number of hydrogen-bond donors (Lipinski definition) is 0. The lowest BCUT2D eigenvalue weighted by molar-refractivity contribution is -0.385. The highest BCUT2D eigenvalue weighted by Crippen LogP contribution is 2.20. The molecular formula is C9H11BrN2O2. The number of alkyl halides is 1. The summed E-state index contributed by atoms with van der Waals surface area (Å²) in [7, 11) is 0. The first-order chi connectivity index (χ1) is 6.65. The fraction of sp³-hybridized carbons (Fsp3) is 0.444. The highest BCUT2D eigenvalue weighted by Gasteiger charge is 2.16. The molecule has 0 aromatic carbocycles. The lowest BCUT2D eigenvalue weighted by Gasteiger charge is -2.05. The maximum absolute atomic E-state index is 10.6. The van der Waals surface area contributed by atoms with E-state index in [0.717, 1.165) is 6.42 Å². The van der Waals surface area contributed by atoms with E-state index in [1.54, 1.807) is 12.3 Å². The van der Waals surface area contributed by atoms with Gasteiger partial charge in [-0.2, -0.15) is 0 Å². The van der Waals surface area contributed by atoms with Crippen molar-refractivity contribution in [1.82, 2.24) is 4.98 Å². The van der Waals surface area contributed by atoms with E-state index >= 15 is 0 Å². The van der Waals surface area contributed by atoms with Crippen LogP contribution in [0.1, 0.15) is 19.0 Å². The second-order valence-corrected chi connectivity index (χ2v) is 4.23. The Labute approximate surface area is 90.6 Å². The van der Waals surface area contributed by atoms with Crippen molar-refractivity contribution in [2.45, 2.75) is 24.6 Å². The average Bonchev–Trinajstić information content (AvgIpc) is 2.18. The molecule has 0 fully saturated rings. The zero-order valence-corrected chi connectivity index (χ0v) is 9.40. The first kappa shape index (κ1) is 11.1. The molecule has 0 spiro atoms. The van der Waals surface area contributed by atoms with Crippen LogP contribution >= 0.6 is 15.9 Å². The van der Waals surface area contributed by atoms with E-state index in [0.29, 0.717) is 12.1 Å². The molecule has 0 aliphatic carbocycles. The van der Waals surface area contributed by atoms with Crippen molar-refractivity contribution in [1.29, 1.82) is 0 Å². The third-order valence-corrected chi connectivity index (χ3v) is 2.89. The van der Waals surface area contributed by atoms with Gasteiger partial charge in [-0.15, -0.1) is 0 Å². The van der Waals surface area contributed by atoms with E-state index in [9.17, 15) is 10.1 Å². The van der Waals surface area contributed by atoms with Gasteiger partial charge in [-0.3, -0.25) is 15.1 Å². The Morgan fingerprint density at radius 3 is 3.00 bits per heavy atom. The third kappa shape index (κ3) is 2.77. The summed E-state index contributed by atoms with van der Waals surface area (Å²) >= 11 is 3.43. The maximum atomic E-state index is 10.6. The number of aromatic nitrogens is 1. The van der Waals surface area contributed by atoms with E-state index in [-0.39, 0.29) is 10.5 Å². The highest BCUT2D eigenvalue weighted by atomic mass is 79.9. The van der Waals surface area contributed by atoms with Gasteiger partial charge >= 0.3 is 0 Å². The van der Waals surface area contributed by atoms with Gasteiger partial charge in [0.2, 0.25) is 0 Å². The Morgan fingerprint density at radius 2 is 2.43 bits per heavy atom. The van der Waals surface area contributed by atoms with Crippen LogP contribution in [-0.2, 0) is 6.42 Å². The predicted octanol–water partition coefficient (Wildman–Crippen LogP) is 2.71. The van der Waals surface area contributed by atoms with Crippen molar-refractivity contribution < 1.29 is 4.92 Å². The van der Waals surface area contributed by atoms with Gasteiger partial charge in [0.25, 0.3) is 5.69 Å². The van der Waals surface area contributed by atoms with E-state index in [4.69, 9.17) is 0 Å². The minimum Gasteiger partial charge on any atom is -0.258 e. The monoisotopic (exact) mass is 258 g/mol. The summed E-state index contributed by atoms with van der Waals surface area (Å²) in [4.78, 5) is 14.5. The number of nitro groups is 1. The molecule has 0 saturated heterocycles. The Balaban J connectivity index is 2.90. The second-order valence-electron chi connectivity index (χ2n) is 2.94. The van der Waals surface area contributed by atoms with E-state index < -0.39 is 4.92 Å². The number of hydrogen-bond acceptors (Lipinski definition) is 3. The van der Waals surface area contributed by atoms with Crippen LogP contribution in [0.25, 0.3) is 0 Å². The molecule has 0 bridgehead atoms. The van der Waals surface area contributed by atoms with Gasteiger partial charge in [0.05, 0.1) is 4.92 Å². The molecule has 1 unspecified atom stereocenters. The standard InChI is InChI=1S/C9H11BrN2O2/c1-2-7(10)6-8-9(12(13)14)4-3-5-11-8/h3-5,7H,2,6H2,1H3. The largest absolute Gasteiger partial charge is 0.290 e. The van der Waals surface area contributed by atoms with Crippen molar-refractivity contribution in [2.75, 3.05) is 0 Å².